The fourth-order valence-corrected chi connectivity index (χ4v) is 1.89. The number of halogens is 1. The van der Waals surface area contributed by atoms with Crippen LogP contribution in [0.3, 0.4) is 0 Å². The molecule has 0 aromatic carbocycles. The summed E-state index contributed by atoms with van der Waals surface area (Å²) in [7, 11) is 0. The van der Waals surface area contributed by atoms with Crippen LogP contribution in [0.1, 0.15) is 0 Å². The van der Waals surface area contributed by atoms with E-state index < -0.39 is 12.6 Å². The van der Waals surface area contributed by atoms with Crippen LogP contribution in [0.15, 0.2) is 0 Å². The van der Waals surface area contributed by atoms with Gasteiger partial charge in [-0.05, 0) is 0 Å². The van der Waals surface area contributed by atoms with Crippen molar-refractivity contribution in [1.29, 1.82) is 0 Å². The molecule has 0 bridgehead atoms. The first-order chi connectivity index (χ1) is 13.2. The van der Waals surface area contributed by atoms with E-state index in [-0.39, 0.29) is 12.5 Å². The number of nitrogens with one attached hydrogen (secondary N) is 1. The largest absolute Gasteiger partial charge is 0.480 e. The molecule has 0 atom stereocenters. The first-order valence-electron chi connectivity index (χ1n) is 8.67. The summed E-state index contributed by atoms with van der Waals surface area (Å²) in [5.74, 6) is -1.50. The molecule has 0 aliphatic carbocycles. The maximum absolute atomic E-state index is 11.2. The minimum Gasteiger partial charge on any atom is -0.480 e. The third-order valence-corrected chi connectivity index (χ3v) is 3.18. The number of hydrogen-bond acceptors (Lipinski definition) is 8. The summed E-state index contributed by atoms with van der Waals surface area (Å²) in [4.78, 5) is 21.4. The van der Waals surface area contributed by atoms with Crippen molar-refractivity contribution in [2.24, 2.45) is 0 Å². The molecule has 0 rings (SSSR count). The minimum atomic E-state index is -1.11. The van der Waals surface area contributed by atoms with Crippen LogP contribution in [0.5, 0.6) is 0 Å². The third-order valence-electron chi connectivity index (χ3n) is 2.74. The Labute approximate surface area is 173 Å². The van der Waals surface area contributed by atoms with Crippen molar-refractivity contribution < 1.29 is 43.1 Å². The lowest BCUT2D eigenvalue weighted by molar-refractivity contribution is -0.143. The Morgan fingerprint density at radius 3 is 1.56 bits per heavy atom. The van der Waals surface area contributed by atoms with Gasteiger partial charge in [0.05, 0.1) is 66.1 Å². The van der Waals surface area contributed by atoms with Crippen LogP contribution < -0.4 is 5.32 Å². The van der Waals surface area contributed by atoms with Crippen LogP contribution in [-0.2, 0) is 38.0 Å². The van der Waals surface area contributed by atoms with Gasteiger partial charge in [-0.1, -0.05) is 22.6 Å². The number of ether oxygens (including phenoxy) is 6. The van der Waals surface area contributed by atoms with Crippen molar-refractivity contribution in [2.75, 3.05) is 90.3 Å². The molecule has 2 N–H and O–H groups in total. The number of carbonyl (C=O) groups excluding carboxylic acids is 1. The molecule has 0 aromatic rings. The Morgan fingerprint density at radius 1 is 0.667 bits per heavy atom. The molecule has 0 fully saturated rings. The highest BCUT2D eigenvalue weighted by atomic mass is 127. The molecule has 11 heteroatoms. The van der Waals surface area contributed by atoms with Crippen molar-refractivity contribution in [3.05, 3.63) is 0 Å². The summed E-state index contributed by atoms with van der Waals surface area (Å²) in [5, 5.41) is 10.9. The van der Waals surface area contributed by atoms with Gasteiger partial charge in [-0.25, -0.2) is 4.79 Å². The van der Waals surface area contributed by atoms with Crippen molar-refractivity contribution in [2.45, 2.75) is 0 Å². The number of carboxylic acids is 1. The van der Waals surface area contributed by atoms with E-state index in [1.165, 1.54) is 0 Å². The number of carboxylic acid groups (broad SMARTS) is 1. The highest BCUT2D eigenvalue weighted by Gasteiger charge is 2.02. The van der Waals surface area contributed by atoms with Gasteiger partial charge in [0, 0.05) is 11.0 Å². The van der Waals surface area contributed by atoms with E-state index in [1.807, 2.05) is 0 Å². The average Bonchev–Trinajstić information content (AvgIpc) is 2.64. The summed E-state index contributed by atoms with van der Waals surface area (Å²) >= 11 is 2.26. The first-order valence-corrected chi connectivity index (χ1v) is 10.2. The topological polar surface area (TPSA) is 122 Å². The van der Waals surface area contributed by atoms with Gasteiger partial charge < -0.3 is 38.8 Å². The lowest BCUT2D eigenvalue weighted by Gasteiger charge is -2.08. The smallest absolute Gasteiger partial charge is 0.329 e. The number of alkyl halides is 1. The maximum atomic E-state index is 11.2. The molecule has 0 aliphatic rings. The van der Waals surface area contributed by atoms with Gasteiger partial charge in [-0.2, -0.15) is 0 Å². The Bertz CT molecular complexity index is 361. The fraction of sp³-hybridized carbons (Fsp3) is 0.875. The Kier molecular flexibility index (Phi) is 21.3. The van der Waals surface area contributed by atoms with Gasteiger partial charge >= 0.3 is 5.97 Å². The molecule has 0 aliphatic heterocycles. The highest BCUT2D eigenvalue weighted by Crippen LogP contribution is 1.85. The van der Waals surface area contributed by atoms with Crippen LogP contribution in [0.25, 0.3) is 0 Å². The number of carbonyl (C=O) groups is 2. The monoisotopic (exact) mass is 507 g/mol. The second-order valence-electron chi connectivity index (χ2n) is 4.99. The molecule has 0 unspecified atom stereocenters. The second kappa shape index (κ2) is 21.7. The standard InChI is InChI=1S/C16H30INO9/c17-1-3-22-5-7-24-9-11-26-12-10-25-8-6-23-4-2-18-15(19)13-27-14-16(20)21/h1-14H2,(H,18,19)(H,20,21). The molecule has 0 aromatic heterocycles. The van der Waals surface area contributed by atoms with Gasteiger partial charge in [0.25, 0.3) is 0 Å². The number of rotatable bonds is 21. The Morgan fingerprint density at radius 2 is 1.11 bits per heavy atom. The van der Waals surface area contributed by atoms with E-state index in [0.29, 0.717) is 66.0 Å². The van der Waals surface area contributed by atoms with Crippen molar-refractivity contribution in [1.82, 2.24) is 5.32 Å². The van der Waals surface area contributed by atoms with Crippen molar-refractivity contribution in [3.63, 3.8) is 0 Å². The van der Waals surface area contributed by atoms with Crippen LogP contribution in [0.2, 0.25) is 0 Å². The summed E-state index contributed by atoms with van der Waals surface area (Å²) in [5.41, 5.74) is 0. The van der Waals surface area contributed by atoms with Gasteiger partial charge in [-0.15, -0.1) is 0 Å². The Hall–Kier alpha value is -0.570. The molecule has 27 heavy (non-hydrogen) atoms. The van der Waals surface area contributed by atoms with Gasteiger partial charge in [0.1, 0.15) is 13.2 Å². The van der Waals surface area contributed by atoms with Gasteiger partial charge in [0.2, 0.25) is 5.91 Å². The SMILES string of the molecule is O=C(O)COCC(=O)NCCOCCOCCOCCOCCOCCI. The molecular weight excluding hydrogens is 477 g/mol. The third kappa shape index (κ3) is 23.4. The van der Waals surface area contributed by atoms with E-state index in [2.05, 4.69) is 32.6 Å². The second-order valence-corrected chi connectivity index (χ2v) is 6.07. The predicted octanol–water partition coefficient (Wildman–Crippen LogP) is -0.278. The number of amides is 1. The lowest BCUT2D eigenvalue weighted by Crippen LogP contribution is -2.31. The fourth-order valence-electron chi connectivity index (χ4n) is 1.58. The van der Waals surface area contributed by atoms with Crippen LogP contribution >= 0.6 is 22.6 Å². The summed E-state index contributed by atoms with van der Waals surface area (Å²) in [6, 6.07) is 0. The molecular formula is C16H30INO9. The van der Waals surface area contributed by atoms with E-state index in [4.69, 9.17) is 28.8 Å². The molecule has 10 nitrogen and oxygen atoms in total. The quantitative estimate of drug-likeness (QED) is 0.123. The van der Waals surface area contributed by atoms with Crippen LogP contribution in [0, 0.1) is 0 Å². The zero-order valence-electron chi connectivity index (χ0n) is 15.5. The molecule has 0 radical (unpaired) electrons. The zero-order valence-corrected chi connectivity index (χ0v) is 17.6. The lowest BCUT2D eigenvalue weighted by atomic mass is 10.6. The molecule has 0 spiro atoms. The van der Waals surface area contributed by atoms with Crippen molar-refractivity contribution in [3.8, 4) is 0 Å². The van der Waals surface area contributed by atoms with E-state index in [9.17, 15) is 9.59 Å². The van der Waals surface area contributed by atoms with E-state index >= 15 is 0 Å². The van der Waals surface area contributed by atoms with E-state index in [1.54, 1.807) is 0 Å². The molecule has 1 amide bonds. The minimum absolute atomic E-state index is 0.285. The van der Waals surface area contributed by atoms with Crippen LogP contribution in [-0.4, -0.2) is 107 Å². The molecule has 0 saturated carbocycles. The summed E-state index contributed by atoms with van der Waals surface area (Å²) in [6.45, 7) is 4.66. The summed E-state index contributed by atoms with van der Waals surface area (Å²) < 4.78 is 32.2. The number of aliphatic carboxylic acids is 1. The van der Waals surface area contributed by atoms with Gasteiger partial charge in [-0.3, -0.25) is 4.79 Å². The normalized spacial score (nSPS) is 10.9. The Balaban J connectivity index is 3.10. The molecule has 160 valence electrons. The van der Waals surface area contributed by atoms with E-state index in [0.717, 1.165) is 11.0 Å². The maximum Gasteiger partial charge on any atom is 0.329 e. The average molecular weight is 507 g/mol. The van der Waals surface area contributed by atoms with Crippen molar-refractivity contribution >= 4 is 34.5 Å². The van der Waals surface area contributed by atoms with Gasteiger partial charge in [0.15, 0.2) is 0 Å². The highest BCUT2D eigenvalue weighted by molar-refractivity contribution is 14.1. The molecule has 0 saturated heterocycles. The number of hydrogen-bond donors (Lipinski definition) is 2. The summed E-state index contributed by atoms with van der Waals surface area (Å²) in [6.07, 6.45) is 0. The first kappa shape index (κ1) is 26.4. The van der Waals surface area contributed by atoms with Crippen LogP contribution in [0.4, 0.5) is 0 Å². The zero-order chi connectivity index (χ0) is 20.0. The molecule has 0 heterocycles. The predicted molar refractivity (Wildman–Crippen MR) is 104 cm³/mol.